The van der Waals surface area contributed by atoms with Crippen molar-refractivity contribution in [2.75, 3.05) is 33.0 Å². The molecular formula is C36H49IO9. The molecule has 254 valence electrons. The third-order valence-electron chi connectivity index (χ3n) is 8.05. The molecule has 0 radical (unpaired) electrons. The molecular weight excluding hydrogens is 703 g/mol. The van der Waals surface area contributed by atoms with Gasteiger partial charge in [0.05, 0.1) is 39.6 Å². The summed E-state index contributed by atoms with van der Waals surface area (Å²) in [6, 6.07) is 11.7. The summed E-state index contributed by atoms with van der Waals surface area (Å²) >= 11 is 1.83. The molecule has 3 rings (SSSR count). The Balaban J connectivity index is 2.48. The smallest absolute Gasteiger partial charge is 0.126 e. The van der Waals surface area contributed by atoms with Crippen molar-refractivity contribution in [3.05, 3.63) is 86.5 Å². The first-order valence-electron chi connectivity index (χ1n) is 15.9. The molecule has 0 amide bonds. The Kier molecular flexibility index (Phi) is 15.5. The van der Waals surface area contributed by atoms with Crippen LogP contribution in [0, 0.1) is 0 Å². The molecule has 0 saturated heterocycles. The van der Waals surface area contributed by atoms with Gasteiger partial charge in [-0.15, -0.1) is 0 Å². The second kappa shape index (κ2) is 18.8. The van der Waals surface area contributed by atoms with E-state index in [1.807, 2.05) is 94.0 Å². The van der Waals surface area contributed by atoms with E-state index in [1.165, 1.54) is 0 Å². The zero-order valence-electron chi connectivity index (χ0n) is 27.9. The third kappa shape index (κ3) is 9.12. The van der Waals surface area contributed by atoms with E-state index < -0.39 is 5.41 Å². The van der Waals surface area contributed by atoms with Crippen LogP contribution in [0.25, 0.3) is 0 Å². The highest BCUT2D eigenvalue weighted by atomic mass is 127. The third-order valence-corrected chi connectivity index (χ3v) is 8.37. The number of benzene rings is 3. The van der Waals surface area contributed by atoms with E-state index in [0.717, 1.165) is 16.7 Å². The number of ether oxygens (including phenoxy) is 5. The number of phenols is 3. The van der Waals surface area contributed by atoms with Gasteiger partial charge in [0.2, 0.25) is 0 Å². The fourth-order valence-electron chi connectivity index (χ4n) is 5.43. The van der Waals surface area contributed by atoms with E-state index in [1.54, 1.807) is 0 Å². The standard InChI is InChI=1S/C36H49IO9/c1-7-41-18-24-12-30(13-25(33(24)38)19-42-8-2)36(6,32-16-28(22-45-11-5)35(40)29(17-32)23-46-37)31-14-26(20-43-9-3)34(39)27(15-31)21-44-10-4/h12-17,38-40H,7-11,18-23H2,1-6H3. The number of rotatable bonds is 20. The van der Waals surface area contributed by atoms with Crippen LogP contribution in [0.2, 0.25) is 0 Å². The Morgan fingerprint density at radius 3 is 0.870 bits per heavy atom. The lowest BCUT2D eigenvalue weighted by atomic mass is 9.69. The minimum Gasteiger partial charge on any atom is -0.507 e. The molecule has 0 atom stereocenters. The highest BCUT2D eigenvalue weighted by Gasteiger charge is 2.35. The average Bonchev–Trinajstić information content (AvgIpc) is 3.06. The van der Waals surface area contributed by atoms with Gasteiger partial charge in [0, 0.05) is 71.8 Å². The molecule has 3 aromatic carbocycles. The summed E-state index contributed by atoms with van der Waals surface area (Å²) in [5.74, 6) is 0.389. The Morgan fingerprint density at radius 2 is 0.674 bits per heavy atom. The maximum Gasteiger partial charge on any atom is 0.126 e. The van der Waals surface area contributed by atoms with E-state index in [0.29, 0.717) is 66.4 Å². The van der Waals surface area contributed by atoms with Crippen molar-refractivity contribution >= 4 is 23.0 Å². The number of hydrogen-bond acceptors (Lipinski definition) is 9. The van der Waals surface area contributed by atoms with E-state index in [4.69, 9.17) is 26.8 Å². The molecule has 0 spiro atoms. The quantitative estimate of drug-likeness (QED) is 0.0789. The number of hydrogen-bond donors (Lipinski definition) is 3. The van der Waals surface area contributed by atoms with Gasteiger partial charge < -0.3 is 42.1 Å². The normalized spacial score (nSPS) is 11.8. The maximum absolute atomic E-state index is 11.3. The topological polar surface area (TPSA) is 116 Å². The zero-order chi connectivity index (χ0) is 33.7. The first-order valence-corrected chi connectivity index (χ1v) is 16.8. The predicted molar refractivity (Wildman–Crippen MR) is 185 cm³/mol. The molecule has 0 unspecified atom stereocenters. The van der Waals surface area contributed by atoms with Gasteiger partial charge in [-0.05, 0) is 94.6 Å². The molecule has 0 saturated carbocycles. The Labute approximate surface area is 287 Å². The summed E-state index contributed by atoms with van der Waals surface area (Å²) in [5, 5.41) is 33.8. The first kappa shape index (κ1) is 38.0. The van der Waals surface area contributed by atoms with Crippen LogP contribution in [0.1, 0.15) is 91.6 Å². The Hall–Kier alpha value is -2.45. The van der Waals surface area contributed by atoms with Gasteiger partial charge in [-0.3, -0.25) is 0 Å². The molecule has 0 fully saturated rings. The van der Waals surface area contributed by atoms with Crippen LogP contribution in [0.15, 0.2) is 36.4 Å². The lowest BCUT2D eigenvalue weighted by Crippen LogP contribution is -2.27. The van der Waals surface area contributed by atoms with Crippen LogP contribution < -0.4 is 0 Å². The molecule has 3 aromatic rings. The molecule has 0 bridgehead atoms. The van der Waals surface area contributed by atoms with Crippen LogP contribution >= 0.6 is 23.0 Å². The van der Waals surface area contributed by atoms with Crippen molar-refractivity contribution in [1.82, 2.24) is 0 Å². The van der Waals surface area contributed by atoms with Crippen molar-refractivity contribution in [2.45, 2.75) is 86.6 Å². The molecule has 3 N–H and O–H groups in total. The highest BCUT2D eigenvalue weighted by Crippen LogP contribution is 2.45. The van der Waals surface area contributed by atoms with Gasteiger partial charge in [-0.2, -0.15) is 0 Å². The van der Waals surface area contributed by atoms with Gasteiger partial charge in [0.15, 0.2) is 0 Å². The molecule has 0 aliphatic heterocycles. The van der Waals surface area contributed by atoms with E-state index in [2.05, 4.69) is 6.92 Å². The fraction of sp³-hybridized carbons (Fsp3) is 0.500. The van der Waals surface area contributed by atoms with Crippen LogP contribution in [0.4, 0.5) is 0 Å². The summed E-state index contributed by atoms with van der Waals surface area (Å²) in [6.07, 6.45) is 0. The van der Waals surface area contributed by atoms with Gasteiger partial charge in [-0.25, -0.2) is 0 Å². The van der Waals surface area contributed by atoms with Crippen molar-refractivity contribution < 1.29 is 42.1 Å². The lowest BCUT2D eigenvalue weighted by molar-refractivity contribution is 0.126. The van der Waals surface area contributed by atoms with Gasteiger partial charge in [0.25, 0.3) is 0 Å². The average molecular weight is 753 g/mol. The number of aromatic hydroxyl groups is 3. The maximum atomic E-state index is 11.3. The van der Waals surface area contributed by atoms with E-state index >= 15 is 0 Å². The molecule has 0 heterocycles. The molecule has 0 aliphatic rings. The summed E-state index contributed by atoms with van der Waals surface area (Å²) < 4.78 is 34.3. The van der Waals surface area contributed by atoms with Crippen molar-refractivity contribution in [2.24, 2.45) is 0 Å². The summed E-state index contributed by atoms with van der Waals surface area (Å²) in [7, 11) is 0. The minimum atomic E-state index is -0.889. The molecule has 9 nitrogen and oxygen atoms in total. The van der Waals surface area contributed by atoms with Crippen molar-refractivity contribution in [1.29, 1.82) is 0 Å². The second-order valence-corrected chi connectivity index (χ2v) is 11.6. The largest absolute Gasteiger partial charge is 0.507 e. The van der Waals surface area contributed by atoms with E-state index in [9.17, 15) is 15.3 Å². The van der Waals surface area contributed by atoms with Gasteiger partial charge in [-0.1, -0.05) is 0 Å². The lowest BCUT2D eigenvalue weighted by Gasteiger charge is -2.35. The van der Waals surface area contributed by atoms with Crippen LogP contribution in [0.5, 0.6) is 17.2 Å². The van der Waals surface area contributed by atoms with Crippen LogP contribution in [-0.2, 0) is 71.8 Å². The van der Waals surface area contributed by atoms with E-state index in [-0.39, 0.29) is 56.9 Å². The summed E-state index contributed by atoms with van der Waals surface area (Å²) in [5.41, 5.74) is 5.45. The monoisotopic (exact) mass is 752 g/mol. The molecule has 0 aliphatic carbocycles. The number of phenolic OH excluding ortho intramolecular Hbond substituents is 3. The summed E-state index contributed by atoms with van der Waals surface area (Å²) in [6.45, 7) is 15.3. The molecule has 0 aromatic heterocycles. The van der Waals surface area contributed by atoms with Gasteiger partial charge in [0.1, 0.15) is 40.3 Å². The summed E-state index contributed by atoms with van der Waals surface area (Å²) in [4.78, 5) is 0. The Morgan fingerprint density at radius 1 is 0.457 bits per heavy atom. The highest BCUT2D eigenvalue weighted by molar-refractivity contribution is 14.1. The first-order chi connectivity index (χ1) is 22.2. The van der Waals surface area contributed by atoms with Crippen molar-refractivity contribution in [3.63, 3.8) is 0 Å². The van der Waals surface area contributed by atoms with Crippen LogP contribution in [-0.4, -0.2) is 48.4 Å². The van der Waals surface area contributed by atoms with Crippen molar-refractivity contribution in [3.8, 4) is 17.2 Å². The predicted octanol–water partition coefficient (Wildman–Crippen LogP) is 7.71. The van der Waals surface area contributed by atoms with Crippen LogP contribution in [0.3, 0.4) is 0 Å². The zero-order valence-corrected chi connectivity index (χ0v) is 30.1. The number of halogens is 1. The fourth-order valence-corrected chi connectivity index (χ4v) is 5.76. The molecule has 10 heteroatoms. The van der Waals surface area contributed by atoms with Gasteiger partial charge >= 0.3 is 0 Å². The molecule has 46 heavy (non-hydrogen) atoms. The Bertz CT molecular complexity index is 1280. The minimum absolute atomic E-state index is 0.121. The second-order valence-electron chi connectivity index (χ2n) is 11.0. The SMILES string of the molecule is CCOCc1cc(C(C)(c2cc(COCC)c(O)c(COCC)c2)c2cc(COCC)c(O)c(COCC)c2)cc(COI)c1O.